The third-order valence-electron chi connectivity index (χ3n) is 6.23. The first-order valence-electron chi connectivity index (χ1n) is 10.5. The number of carbonyl (C=O) groups excluding carboxylic acids is 1. The fourth-order valence-electron chi connectivity index (χ4n) is 4.59. The first-order valence-corrected chi connectivity index (χ1v) is 10.5. The van der Waals surface area contributed by atoms with Crippen molar-refractivity contribution in [2.45, 2.75) is 50.9 Å². The van der Waals surface area contributed by atoms with Gasteiger partial charge < -0.3 is 19.7 Å². The number of nitrogens with zero attached hydrogens (tertiary/aromatic N) is 5. The fraction of sp³-hybridized carbons (Fsp3) is 0.429. The highest BCUT2D eigenvalue weighted by atomic mass is 19.1. The van der Waals surface area contributed by atoms with E-state index in [0.717, 1.165) is 25.5 Å². The molecular weight excluding hydrogens is 403 g/mol. The number of amides is 1. The Morgan fingerprint density at radius 3 is 3.10 bits per heavy atom. The van der Waals surface area contributed by atoms with Gasteiger partial charge in [-0.2, -0.15) is 5.10 Å². The third-order valence-corrected chi connectivity index (χ3v) is 6.23. The van der Waals surface area contributed by atoms with Crippen molar-refractivity contribution < 1.29 is 18.7 Å². The molecule has 1 saturated carbocycles. The van der Waals surface area contributed by atoms with Gasteiger partial charge in [0.15, 0.2) is 17.2 Å². The van der Waals surface area contributed by atoms with Gasteiger partial charge in [-0.1, -0.05) is 0 Å². The number of rotatable bonds is 0. The minimum Gasteiger partial charge on any atom is -0.486 e. The van der Waals surface area contributed by atoms with Gasteiger partial charge in [0.25, 0.3) is 5.91 Å². The van der Waals surface area contributed by atoms with Gasteiger partial charge in [0.05, 0.1) is 37.2 Å². The molecule has 0 radical (unpaired) electrons. The van der Waals surface area contributed by atoms with Crippen molar-refractivity contribution in [3.05, 3.63) is 41.6 Å². The monoisotopic (exact) mass is 424 g/mol. The Labute approximate surface area is 177 Å². The lowest BCUT2D eigenvalue weighted by Crippen LogP contribution is -2.42. The second-order valence-electron chi connectivity index (χ2n) is 8.33. The zero-order valence-electron chi connectivity index (χ0n) is 16.9. The molecule has 5 heterocycles. The van der Waals surface area contributed by atoms with Crippen LogP contribution in [-0.2, 0) is 6.54 Å². The van der Waals surface area contributed by atoms with Gasteiger partial charge in [-0.25, -0.2) is 18.9 Å². The summed E-state index contributed by atoms with van der Waals surface area (Å²) in [6.45, 7) is 2.80. The smallest absolute Gasteiger partial charge is 0.257 e. The molecule has 0 saturated heterocycles. The Morgan fingerprint density at radius 1 is 1.29 bits per heavy atom. The molecule has 1 N–H and O–H groups in total. The largest absolute Gasteiger partial charge is 0.486 e. The summed E-state index contributed by atoms with van der Waals surface area (Å²) in [5.74, 6) is 0.849. The highest BCUT2D eigenvalue weighted by Crippen LogP contribution is 2.36. The van der Waals surface area contributed by atoms with Crippen molar-refractivity contribution in [2.24, 2.45) is 0 Å². The summed E-state index contributed by atoms with van der Waals surface area (Å²) in [4.78, 5) is 24.1. The van der Waals surface area contributed by atoms with Gasteiger partial charge in [-0.05, 0) is 32.3 Å². The van der Waals surface area contributed by atoms with E-state index in [9.17, 15) is 9.18 Å². The topological polar surface area (TPSA) is 93.9 Å². The second kappa shape index (κ2) is 6.79. The predicted octanol–water partition coefficient (Wildman–Crippen LogP) is 2.09. The maximum absolute atomic E-state index is 14.1. The average molecular weight is 424 g/mol. The number of pyridine rings is 1. The number of ether oxygens (including phenoxy) is 2. The minimum atomic E-state index is -0.425. The quantitative estimate of drug-likeness (QED) is 0.591. The first-order chi connectivity index (χ1) is 15.1. The normalized spacial score (nSPS) is 24.9. The summed E-state index contributed by atoms with van der Waals surface area (Å²) in [7, 11) is 0. The molecule has 6 rings (SSSR count). The Kier molecular flexibility index (Phi) is 4.02. The molecule has 0 aromatic carbocycles. The van der Waals surface area contributed by atoms with E-state index >= 15 is 0 Å². The average Bonchev–Trinajstić information content (AvgIpc) is 3.36. The third kappa shape index (κ3) is 2.96. The van der Waals surface area contributed by atoms with E-state index < -0.39 is 5.82 Å². The van der Waals surface area contributed by atoms with Gasteiger partial charge in [0, 0.05) is 5.56 Å². The lowest BCUT2D eigenvalue weighted by molar-refractivity contribution is 0.0891. The molecule has 10 heteroatoms. The highest BCUT2D eigenvalue weighted by molar-refractivity contribution is 6.00. The van der Waals surface area contributed by atoms with E-state index in [1.165, 1.54) is 12.3 Å². The molecular formula is C21H21FN6O3. The van der Waals surface area contributed by atoms with Crippen LogP contribution in [0.2, 0.25) is 0 Å². The van der Waals surface area contributed by atoms with Gasteiger partial charge in [-0.15, -0.1) is 0 Å². The molecule has 31 heavy (non-hydrogen) atoms. The molecule has 160 valence electrons. The van der Waals surface area contributed by atoms with E-state index in [4.69, 9.17) is 14.5 Å². The SMILES string of the molecule is C[C@@H]1COc2cn3ncc4c3nc2N1Cc1cc(F)cnc1O[C@H]1CCC[C@@H]1NC4=O. The zero-order chi connectivity index (χ0) is 21.1. The zero-order valence-corrected chi connectivity index (χ0v) is 16.9. The van der Waals surface area contributed by atoms with E-state index in [2.05, 4.69) is 15.4 Å². The van der Waals surface area contributed by atoms with Crippen LogP contribution < -0.4 is 19.7 Å². The van der Waals surface area contributed by atoms with Crippen LogP contribution >= 0.6 is 0 Å². The number of nitrogens with one attached hydrogen (secondary N) is 1. The van der Waals surface area contributed by atoms with Crippen molar-refractivity contribution in [1.29, 1.82) is 0 Å². The Bertz CT molecular complexity index is 1200. The minimum absolute atomic E-state index is 0.0249. The second-order valence-corrected chi connectivity index (χ2v) is 8.33. The lowest BCUT2D eigenvalue weighted by atomic mass is 10.1. The summed E-state index contributed by atoms with van der Waals surface area (Å²) >= 11 is 0. The molecule has 2 aliphatic heterocycles. The molecule has 0 unspecified atom stereocenters. The number of anilines is 1. The number of aromatic nitrogens is 4. The van der Waals surface area contributed by atoms with Gasteiger partial charge in [-0.3, -0.25) is 4.79 Å². The molecule has 0 spiro atoms. The van der Waals surface area contributed by atoms with Crippen LogP contribution in [0.5, 0.6) is 11.6 Å². The molecule has 3 atom stereocenters. The van der Waals surface area contributed by atoms with E-state index in [1.54, 1.807) is 10.7 Å². The van der Waals surface area contributed by atoms with Crippen LogP contribution in [0, 0.1) is 5.82 Å². The predicted molar refractivity (Wildman–Crippen MR) is 108 cm³/mol. The number of hydrogen-bond donors (Lipinski definition) is 1. The molecule has 3 aromatic rings. The molecule has 1 fully saturated rings. The number of halogens is 1. The van der Waals surface area contributed by atoms with Crippen molar-refractivity contribution in [3.8, 4) is 11.6 Å². The van der Waals surface area contributed by atoms with Crippen molar-refractivity contribution in [2.75, 3.05) is 11.5 Å². The van der Waals surface area contributed by atoms with Crippen LogP contribution in [0.25, 0.3) is 5.65 Å². The van der Waals surface area contributed by atoms with Crippen LogP contribution in [-0.4, -0.2) is 50.3 Å². The standard InChI is InChI=1S/C21H21FN6O3/c1-11-10-30-17-9-28-18-14(7-24-28)20(29)25-15-3-2-4-16(15)31-21-12(5-13(22)6-23-21)8-27(11)19(17)26-18/h5-7,9,11,15-16H,2-4,8,10H2,1H3,(H,25,29)/t11-,15+,16+/m1/s1. The van der Waals surface area contributed by atoms with Crippen molar-refractivity contribution >= 4 is 17.4 Å². The molecule has 3 aromatic heterocycles. The van der Waals surface area contributed by atoms with Crippen LogP contribution in [0.15, 0.2) is 24.7 Å². The van der Waals surface area contributed by atoms with Gasteiger partial charge >= 0.3 is 0 Å². The van der Waals surface area contributed by atoms with E-state index in [-0.39, 0.29) is 24.1 Å². The summed E-state index contributed by atoms with van der Waals surface area (Å²) in [6.07, 6.45) is 6.69. The maximum Gasteiger partial charge on any atom is 0.257 e. The number of fused-ring (bicyclic) bond motifs is 2. The van der Waals surface area contributed by atoms with Gasteiger partial charge in [0.1, 0.15) is 24.1 Å². The lowest BCUT2D eigenvalue weighted by Gasteiger charge is -2.35. The van der Waals surface area contributed by atoms with Crippen molar-refractivity contribution in [3.63, 3.8) is 0 Å². The Balaban J connectivity index is 1.55. The Hall–Kier alpha value is -3.43. The van der Waals surface area contributed by atoms with E-state index in [1.807, 2.05) is 11.8 Å². The summed E-state index contributed by atoms with van der Waals surface area (Å²) in [5, 5.41) is 7.37. The number of carbonyl (C=O) groups is 1. The fourth-order valence-corrected chi connectivity index (χ4v) is 4.59. The van der Waals surface area contributed by atoms with Crippen molar-refractivity contribution in [1.82, 2.24) is 24.9 Å². The van der Waals surface area contributed by atoms with Gasteiger partial charge in [0.2, 0.25) is 5.88 Å². The molecule has 9 nitrogen and oxygen atoms in total. The number of hydrogen-bond acceptors (Lipinski definition) is 7. The van der Waals surface area contributed by atoms with Crippen LogP contribution in [0.1, 0.15) is 42.1 Å². The van der Waals surface area contributed by atoms with E-state index in [0.29, 0.717) is 47.4 Å². The summed E-state index contributed by atoms with van der Waals surface area (Å²) in [5.41, 5.74) is 1.48. The first kappa shape index (κ1) is 18.3. The maximum atomic E-state index is 14.1. The molecule has 3 aliphatic rings. The van der Waals surface area contributed by atoms with Crippen LogP contribution in [0.3, 0.4) is 0 Å². The molecule has 1 aliphatic carbocycles. The highest BCUT2D eigenvalue weighted by Gasteiger charge is 2.34. The molecule has 1 amide bonds. The summed E-state index contributed by atoms with van der Waals surface area (Å²) in [6, 6.07) is 1.26. The summed E-state index contributed by atoms with van der Waals surface area (Å²) < 4.78 is 27.8. The van der Waals surface area contributed by atoms with Crippen LogP contribution in [0.4, 0.5) is 10.2 Å². The molecule has 2 bridgehead atoms. The Morgan fingerprint density at radius 2 is 2.19 bits per heavy atom.